The summed E-state index contributed by atoms with van der Waals surface area (Å²) in [6.45, 7) is 4.42. The Morgan fingerprint density at radius 1 is 1.14 bits per heavy atom. The van der Waals surface area contributed by atoms with Gasteiger partial charge < -0.3 is 20.3 Å². The summed E-state index contributed by atoms with van der Waals surface area (Å²) < 4.78 is 2.39. The second-order valence-electron chi connectivity index (χ2n) is 7.80. The fourth-order valence-electron chi connectivity index (χ4n) is 4.25. The van der Waals surface area contributed by atoms with E-state index in [0.29, 0.717) is 18.5 Å². The Balaban J connectivity index is 1.70. The average Bonchev–Trinajstić information content (AvgIpc) is 3.14. The third-order valence-electron chi connectivity index (χ3n) is 5.76. The first-order chi connectivity index (χ1) is 14.3. The molecule has 1 aliphatic carbocycles. The Kier molecular flexibility index (Phi) is 6.42. The zero-order valence-corrected chi connectivity index (χ0v) is 17.2. The number of nitrogens with one attached hydrogen (secondary N) is 2. The molecule has 6 heteroatoms. The molecule has 154 valence electrons. The number of aromatic nitrogens is 3. The highest BCUT2D eigenvalue weighted by atomic mass is 16.3. The van der Waals surface area contributed by atoms with Gasteiger partial charge in [-0.25, -0.2) is 4.98 Å². The van der Waals surface area contributed by atoms with Crippen LogP contribution in [0.3, 0.4) is 0 Å². The minimum atomic E-state index is 0.160. The Morgan fingerprint density at radius 3 is 2.66 bits per heavy atom. The standard InChI is InChI=1S/C23H31N5O/c1-2-25-23-26-15-20-21(18-10-8-17(9-11-18)14-24-12-13-29)16-28(22(20)27-23)19-6-4-3-5-7-19/h8-11,15-16,19,24,29H,2-7,12-14H2,1H3,(H,25,26,27). The van der Waals surface area contributed by atoms with Gasteiger partial charge in [0.05, 0.1) is 6.61 Å². The fourth-order valence-corrected chi connectivity index (χ4v) is 4.25. The van der Waals surface area contributed by atoms with E-state index in [1.54, 1.807) is 0 Å². The maximum Gasteiger partial charge on any atom is 0.224 e. The Morgan fingerprint density at radius 2 is 1.93 bits per heavy atom. The summed E-state index contributed by atoms with van der Waals surface area (Å²) >= 11 is 0. The summed E-state index contributed by atoms with van der Waals surface area (Å²) in [7, 11) is 0. The molecule has 4 rings (SSSR count). The number of hydrogen-bond donors (Lipinski definition) is 3. The van der Waals surface area contributed by atoms with Gasteiger partial charge in [-0.1, -0.05) is 43.5 Å². The molecule has 1 saturated carbocycles. The van der Waals surface area contributed by atoms with Gasteiger partial charge in [0, 0.05) is 49.0 Å². The molecule has 0 aliphatic heterocycles. The van der Waals surface area contributed by atoms with Crippen LogP contribution in [0.15, 0.2) is 36.7 Å². The lowest BCUT2D eigenvalue weighted by Crippen LogP contribution is -2.17. The van der Waals surface area contributed by atoms with Crippen LogP contribution in [0, 0.1) is 0 Å². The molecular weight excluding hydrogens is 362 g/mol. The largest absolute Gasteiger partial charge is 0.395 e. The Labute approximate surface area is 172 Å². The average molecular weight is 394 g/mol. The molecule has 2 heterocycles. The van der Waals surface area contributed by atoms with Gasteiger partial charge in [0.25, 0.3) is 0 Å². The lowest BCUT2D eigenvalue weighted by Gasteiger charge is -2.23. The van der Waals surface area contributed by atoms with Gasteiger partial charge in [0.1, 0.15) is 5.65 Å². The lowest BCUT2D eigenvalue weighted by molar-refractivity contribution is 0.292. The van der Waals surface area contributed by atoms with Crippen LogP contribution in [-0.2, 0) is 6.54 Å². The topological polar surface area (TPSA) is 75.0 Å². The Bertz CT molecular complexity index is 928. The van der Waals surface area contributed by atoms with Crippen molar-refractivity contribution in [1.82, 2.24) is 19.9 Å². The van der Waals surface area contributed by atoms with Crippen molar-refractivity contribution in [1.29, 1.82) is 0 Å². The van der Waals surface area contributed by atoms with Gasteiger partial charge in [0.15, 0.2) is 0 Å². The van der Waals surface area contributed by atoms with Crippen molar-refractivity contribution in [3.63, 3.8) is 0 Å². The van der Waals surface area contributed by atoms with Crippen LogP contribution in [-0.4, -0.2) is 39.3 Å². The summed E-state index contributed by atoms with van der Waals surface area (Å²) in [5.41, 5.74) is 4.63. The van der Waals surface area contributed by atoms with Crippen molar-refractivity contribution in [2.75, 3.05) is 25.0 Å². The summed E-state index contributed by atoms with van der Waals surface area (Å²) in [6, 6.07) is 9.17. The molecule has 0 amide bonds. The fraction of sp³-hybridized carbons (Fsp3) is 0.478. The maximum atomic E-state index is 8.92. The van der Waals surface area contributed by atoms with E-state index < -0.39 is 0 Å². The van der Waals surface area contributed by atoms with Gasteiger partial charge in [-0.15, -0.1) is 0 Å². The molecule has 3 aromatic rings. The number of nitrogens with zero attached hydrogens (tertiary/aromatic N) is 3. The van der Waals surface area contributed by atoms with Gasteiger partial charge in [-0.05, 0) is 30.9 Å². The van der Waals surface area contributed by atoms with E-state index in [2.05, 4.69) is 57.6 Å². The molecule has 1 aromatic carbocycles. The van der Waals surface area contributed by atoms with Gasteiger partial charge >= 0.3 is 0 Å². The predicted octanol–water partition coefficient (Wildman–Crippen LogP) is 4.12. The first kappa shape index (κ1) is 19.9. The third-order valence-corrected chi connectivity index (χ3v) is 5.76. The summed E-state index contributed by atoms with van der Waals surface area (Å²) in [4.78, 5) is 9.40. The summed E-state index contributed by atoms with van der Waals surface area (Å²) in [6.07, 6.45) is 10.6. The van der Waals surface area contributed by atoms with Crippen molar-refractivity contribution in [3.8, 4) is 11.1 Å². The molecule has 0 spiro atoms. The molecule has 6 nitrogen and oxygen atoms in total. The molecule has 3 N–H and O–H groups in total. The molecule has 2 aromatic heterocycles. The number of aliphatic hydroxyl groups excluding tert-OH is 1. The first-order valence-electron chi connectivity index (χ1n) is 10.8. The van der Waals surface area contributed by atoms with Crippen molar-refractivity contribution in [2.45, 2.75) is 51.6 Å². The van der Waals surface area contributed by atoms with E-state index in [4.69, 9.17) is 10.1 Å². The molecule has 1 aliphatic rings. The molecule has 0 atom stereocenters. The number of aliphatic hydroxyl groups is 1. The highest BCUT2D eigenvalue weighted by Gasteiger charge is 2.21. The molecular formula is C23H31N5O. The van der Waals surface area contributed by atoms with Crippen molar-refractivity contribution < 1.29 is 5.11 Å². The number of hydrogen-bond acceptors (Lipinski definition) is 5. The van der Waals surface area contributed by atoms with Crippen molar-refractivity contribution in [3.05, 3.63) is 42.2 Å². The minimum Gasteiger partial charge on any atom is -0.395 e. The lowest BCUT2D eigenvalue weighted by atomic mass is 9.95. The van der Waals surface area contributed by atoms with Gasteiger partial charge in [0.2, 0.25) is 5.95 Å². The van der Waals surface area contributed by atoms with Crippen molar-refractivity contribution >= 4 is 17.0 Å². The summed E-state index contributed by atoms with van der Waals surface area (Å²) in [5, 5.41) is 16.5. The van der Waals surface area contributed by atoms with E-state index in [1.165, 1.54) is 48.8 Å². The predicted molar refractivity (Wildman–Crippen MR) is 118 cm³/mol. The Hall–Kier alpha value is -2.44. The van der Waals surface area contributed by atoms with E-state index in [-0.39, 0.29) is 6.61 Å². The van der Waals surface area contributed by atoms with E-state index >= 15 is 0 Å². The highest BCUT2D eigenvalue weighted by Crippen LogP contribution is 2.36. The number of anilines is 1. The second-order valence-corrected chi connectivity index (χ2v) is 7.80. The van der Waals surface area contributed by atoms with E-state index in [1.807, 2.05) is 6.20 Å². The minimum absolute atomic E-state index is 0.160. The smallest absolute Gasteiger partial charge is 0.224 e. The number of benzene rings is 1. The molecule has 0 radical (unpaired) electrons. The molecule has 1 fully saturated rings. The zero-order chi connectivity index (χ0) is 20.1. The maximum absolute atomic E-state index is 8.92. The van der Waals surface area contributed by atoms with Crippen LogP contribution in [0.2, 0.25) is 0 Å². The van der Waals surface area contributed by atoms with Gasteiger partial charge in [-0.2, -0.15) is 4.98 Å². The van der Waals surface area contributed by atoms with Crippen LogP contribution in [0.25, 0.3) is 22.2 Å². The molecule has 0 unspecified atom stereocenters. The van der Waals surface area contributed by atoms with Crippen LogP contribution in [0.4, 0.5) is 5.95 Å². The van der Waals surface area contributed by atoms with E-state index in [9.17, 15) is 0 Å². The highest BCUT2D eigenvalue weighted by molar-refractivity contribution is 5.94. The third kappa shape index (κ3) is 4.43. The summed E-state index contributed by atoms with van der Waals surface area (Å²) in [5.74, 6) is 0.701. The van der Waals surface area contributed by atoms with Crippen LogP contribution in [0.5, 0.6) is 0 Å². The number of fused-ring (bicyclic) bond motifs is 1. The zero-order valence-electron chi connectivity index (χ0n) is 17.2. The van der Waals surface area contributed by atoms with Gasteiger partial charge in [-0.3, -0.25) is 0 Å². The van der Waals surface area contributed by atoms with Crippen LogP contribution >= 0.6 is 0 Å². The number of rotatable bonds is 8. The first-order valence-corrected chi connectivity index (χ1v) is 10.8. The van der Waals surface area contributed by atoms with Crippen LogP contribution < -0.4 is 10.6 Å². The van der Waals surface area contributed by atoms with Crippen LogP contribution in [0.1, 0.15) is 50.6 Å². The normalized spacial score (nSPS) is 15.1. The molecule has 29 heavy (non-hydrogen) atoms. The van der Waals surface area contributed by atoms with E-state index in [0.717, 1.165) is 24.1 Å². The molecule has 0 bridgehead atoms. The second kappa shape index (κ2) is 9.37. The SMILES string of the molecule is CCNc1ncc2c(-c3ccc(CNCCO)cc3)cn(C3CCCCC3)c2n1. The molecule has 0 saturated heterocycles. The van der Waals surface area contributed by atoms with Crippen molar-refractivity contribution in [2.24, 2.45) is 0 Å². The monoisotopic (exact) mass is 393 g/mol. The quantitative estimate of drug-likeness (QED) is 0.502.